The van der Waals surface area contributed by atoms with Crippen molar-refractivity contribution in [3.8, 4) is 5.75 Å². The standard InChI is InChI=1S/C11H8BrNO2S/c12-10-6-5-9(16-10)11(15)13-7-1-3-8(14)4-2-7/h1-6,14H,(H,13,15). The lowest BCUT2D eigenvalue weighted by Gasteiger charge is -2.02. The van der Waals surface area contributed by atoms with Crippen LogP contribution < -0.4 is 5.32 Å². The van der Waals surface area contributed by atoms with Gasteiger partial charge in [0.25, 0.3) is 5.91 Å². The van der Waals surface area contributed by atoms with Crippen LogP contribution in [0.15, 0.2) is 40.2 Å². The molecule has 1 aromatic heterocycles. The summed E-state index contributed by atoms with van der Waals surface area (Å²) in [5, 5.41) is 11.8. The maximum absolute atomic E-state index is 11.7. The molecular weight excluding hydrogens is 290 g/mol. The SMILES string of the molecule is O=C(Nc1ccc(O)cc1)c1ccc(Br)s1. The Morgan fingerprint density at radius 1 is 1.19 bits per heavy atom. The molecule has 0 spiro atoms. The van der Waals surface area contributed by atoms with Crippen LogP contribution in [0.4, 0.5) is 5.69 Å². The predicted molar refractivity (Wildman–Crippen MR) is 68.1 cm³/mol. The number of phenolic OH excluding ortho intramolecular Hbond substituents is 1. The number of carbonyl (C=O) groups excluding carboxylic acids is 1. The number of amides is 1. The third-order valence-electron chi connectivity index (χ3n) is 1.92. The Bertz CT molecular complexity index is 507. The number of thiophene rings is 1. The first-order valence-electron chi connectivity index (χ1n) is 4.51. The Balaban J connectivity index is 2.10. The highest BCUT2D eigenvalue weighted by atomic mass is 79.9. The fraction of sp³-hybridized carbons (Fsp3) is 0. The minimum absolute atomic E-state index is 0.151. The van der Waals surface area contributed by atoms with Crippen LogP contribution in [0, 0.1) is 0 Å². The van der Waals surface area contributed by atoms with Gasteiger partial charge in [0.05, 0.1) is 8.66 Å². The van der Waals surface area contributed by atoms with Crippen molar-refractivity contribution in [2.24, 2.45) is 0 Å². The van der Waals surface area contributed by atoms with Gasteiger partial charge in [-0.15, -0.1) is 11.3 Å². The number of hydrogen-bond donors (Lipinski definition) is 2. The minimum atomic E-state index is -0.151. The Kier molecular flexibility index (Phi) is 3.26. The van der Waals surface area contributed by atoms with Crippen molar-refractivity contribution in [2.75, 3.05) is 5.32 Å². The van der Waals surface area contributed by atoms with Gasteiger partial charge in [-0.05, 0) is 52.3 Å². The van der Waals surface area contributed by atoms with E-state index < -0.39 is 0 Å². The van der Waals surface area contributed by atoms with Crippen molar-refractivity contribution < 1.29 is 9.90 Å². The van der Waals surface area contributed by atoms with Gasteiger partial charge in [0, 0.05) is 5.69 Å². The Hall–Kier alpha value is -1.33. The first-order chi connectivity index (χ1) is 7.65. The number of halogens is 1. The largest absolute Gasteiger partial charge is 0.508 e. The number of carbonyl (C=O) groups is 1. The molecule has 0 bridgehead atoms. The Morgan fingerprint density at radius 2 is 1.88 bits per heavy atom. The van der Waals surface area contributed by atoms with Gasteiger partial charge in [-0.25, -0.2) is 0 Å². The topological polar surface area (TPSA) is 49.3 Å². The van der Waals surface area contributed by atoms with E-state index >= 15 is 0 Å². The average molecular weight is 298 g/mol. The van der Waals surface area contributed by atoms with Gasteiger partial charge < -0.3 is 10.4 Å². The molecule has 0 aliphatic carbocycles. The lowest BCUT2D eigenvalue weighted by molar-refractivity contribution is 0.103. The van der Waals surface area contributed by atoms with Gasteiger partial charge in [-0.3, -0.25) is 4.79 Å². The summed E-state index contributed by atoms with van der Waals surface area (Å²) >= 11 is 4.67. The molecule has 0 radical (unpaired) electrons. The summed E-state index contributed by atoms with van der Waals surface area (Å²) in [6.45, 7) is 0. The molecule has 0 aliphatic heterocycles. The second kappa shape index (κ2) is 4.67. The van der Waals surface area contributed by atoms with E-state index in [4.69, 9.17) is 5.11 Å². The molecule has 2 rings (SSSR count). The smallest absolute Gasteiger partial charge is 0.265 e. The van der Waals surface area contributed by atoms with Gasteiger partial charge in [0.15, 0.2) is 0 Å². The van der Waals surface area contributed by atoms with Crippen molar-refractivity contribution in [1.82, 2.24) is 0 Å². The van der Waals surface area contributed by atoms with Crippen LogP contribution in [-0.2, 0) is 0 Å². The second-order valence-electron chi connectivity index (χ2n) is 3.10. The monoisotopic (exact) mass is 297 g/mol. The zero-order valence-electron chi connectivity index (χ0n) is 8.11. The number of anilines is 1. The van der Waals surface area contributed by atoms with Crippen LogP contribution in [-0.4, -0.2) is 11.0 Å². The summed E-state index contributed by atoms with van der Waals surface area (Å²) in [4.78, 5) is 12.4. The molecule has 0 saturated heterocycles. The molecule has 0 fully saturated rings. The van der Waals surface area contributed by atoms with E-state index in [0.29, 0.717) is 10.6 Å². The third-order valence-corrected chi connectivity index (χ3v) is 3.54. The maximum atomic E-state index is 11.7. The van der Waals surface area contributed by atoms with Gasteiger partial charge in [-0.2, -0.15) is 0 Å². The molecule has 1 aromatic carbocycles. The van der Waals surface area contributed by atoms with E-state index in [1.54, 1.807) is 18.2 Å². The van der Waals surface area contributed by atoms with E-state index in [0.717, 1.165) is 3.79 Å². The highest BCUT2D eigenvalue weighted by molar-refractivity contribution is 9.11. The molecule has 0 aliphatic rings. The van der Waals surface area contributed by atoms with Crippen molar-refractivity contribution in [1.29, 1.82) is 0 Å². The third kappa shape index (κ3) is 2.62. The van der Waals surface area contributed by atoms with Crippen LogP contribution in [0.25, 0.3) is 0 Å². The lowest BCUT2D eigenvalue weighted by Crippen LogP contribution is -2.09. The summed E-state index contributed by atoms with van der Waals surface area (Å²) in [7, 11) is 0. The van der Waals surface area contributed by atoms with Gasteiger partial charge in [0.1, 0.15) is 5.75 Å². The molecule has 0 atom stereocenters. The summed E-state index contributed by atoms with van der Waals surface area (Å²) in [5.41, 5.74) is 0.660. The molecule has 82 valence electrons. The quantitative estimate of drug-likeness (QED) is 0.834. The number of nitrogens with one attached hydrogen (secondary N) is 1. The van der Waals surface area contributed by atoms with E-state index in [2.05, 4.69) is 21.2 Å². The number of benzene rings is 1. The first-order valence-corrected chi connectivity index (χ1v) is 6.12. The highest BCUT2D eigenvalue weighted by Gasteiger charge is 2.08. The zero-order valence-corrected chi connectivity index (χ0v) is 10.5. The fourth-order valence-corrected chi connectivity index (χ4v) is 2.46. The first kappa shape index (κ1) is 11.2. The van der Waals surface area contributed by atoms with Gasteiger partial charge in [-0.1, -0.05) is 0 Å². The molecule has 2 aromatic rings. The van der Waals surface area contributed by atoms with Crippen LogP contribution in [0.5, 0.6) is 5.75 Å². The van der Waals surface area contributed by atoms with E-state index in [1.165, 1.54) is 23.5 Å². The second-order valence-corrected chi connectivity index (χ2v) is 5.57. The molecule has 2 N–H and O–H groups in total. The number of rotatable bonds is 2. The van der Waals surface area contributed by atoms with Crippen molar-refractivity contribution >= 4 is 38.9 Å². The van der Waals surface area contributed by atoms with Crippen LogP contribution in [0.1, 0.15) is 9.67 Å². The Labute approximate surface area is 105 Å². The molecule has 1 amide bonds. The predicted octanol–water partition coefficient (Wildman–Crippen LogP) is 3.47. The number of aromatic hydroxyl groups is 1. The van der Waals surface area contributed by atoms with Crippen molar-refractivity contribution in [3.05, 3.63) is 45.1 Å². The van der Waals surface area contributed by atoms with E-state index in [9.17, 15) is 4.79 Å². The van der Waals surface area contributed by atoms with E-state index in [1.807, 2.05) is 6.07 Å². The fourth-order valence-electron chi connectivity index (χ4n) is 1.17. The van der Waals surface area contributed by atoms with Crippen LogP contribution >= 0.6 is 27.3 Å². The molecule has 16 heavy (non-hydrogen) atoms. The molecule has 3 nitrogen and oxygen atoms in total. The van der Waals surface area contributed by atoms with Gasteiger partial charge >= 0.3 is 0 Å². The lowest BCUT2D eigenvalue weighted by atomic mass is 10.3. The summed E-state index contributed by atoms with van der Waals surface area (Å²) in [5.74, 6) is 0.0262. The molecule has 0 saturated carbocycles. The maximum Gasteiger partial charge on any atom is 0.265 e. The minimum Gasteiger partial charge on any atom is -0.508 e. The number of hydrogen-bond acceptors (Lipinski definition) is 3. The van der Waals surface area contributed by atoms with Crippen molar-refractivity contribution in [3.63, 3.8) is 0 Å². The zero-order chi connectivity index (χ0) is 11.5. The van der Waals surface area contributed by atoms with Crippen LogP contribution in [0.2, 0.25) is 0 Å². The Morgan fingerprint density at radius 3 is 2.44 bits per heavy atom. The molecule has 1 heterocycles. The van der Waals surface area contributed by atoms with Crippen molar-refractivity contribution in [2.45, 2.75) is 0 Å². The van der Waals surface area contributed by atoms with Gasteiger partial charge in [0.2, 0.25) is 0 Å². The van der Waals surface area contributed by atoms with E-state index in [-0.39, 0.29) is 11.7 Å². The van der Waals surface area contributed by atoms with Crippen LogP contribution in [0.3, 0.4) is 0 Å². The summed E-state index contributed by atoms with van der Waals surface area (Å²) < 4.78 is 0.920. The average Bonchev–Trinajstić information content (AvgIpc) is 2.68. The molecule has 0 unspecified atom stereocenters. The normalized spacial score (nSPS) is 10.1. The highest BCUT2D eigenvalue weighted by Crippen LogP contribution is 2.23. The summed E-state index contributed by atoms with van der Waals surface area (Å²) in [6, 6.07) is 9.94. The molecular formula is C11H8BrNO2S. The number of phenols is 1. The summed E-state index contributed by atoms with van der Waals surface area (Å²) in [6.07, 6.45) is 0. The molecule has 5 heteroatoms.